The highest BCUT2D eigenvalue weighted by molar-refractivity contribution is 4.93. The molecule has 0 saturated carbocycles. The molecule has 10 heteroatoms. The molecule has 7 N–H and O–H groups in total. The Morgan fingerprint density at radius 2 is 1.73 bits per heavy atom. The van der Waals surface area contributed by atoms with Crippen LogP contribution in [0.25, 0.3) is 0 Å². The van der Waals surface area contributed by atoms with E-state index in [2.05, 4.69) is 0 Å². The number of rotatable bonds is 5. The Morgan fingerprint density at radius 3 is 2.32 bits per heavy atom. The molecule has 0 aromatic heterocycles. The number of aliphatic hydroxyl groups excluding tert-OH is 7. The van der Waals surface area contributed by atoms with Gasteiger partial charge in [0, 0.05) is 0 Å². The van der Waals surface area contributed by atoms with Crippen LogP contribution in [0.4, 0.5) is 0 Å². The van der Waals surface area contributed by atoms with Crippen molar-refractivity contribution in [2.75, 3.05) is 19.8 Å². The van der Waals surface area contributed by atoms with E-state index in [9.17, 15) is 25.5 Å². The first-order chi connectivity index (χ1) is 10.4. The third kappa shape index (κ3) is 3.41. The second kappa shape index (κ2) is 7.45. The molecular formula is C12H22O10. The van der Waals surface area contributed by atoms with E-state index in [4.69, 9.17) is 24.4 Å². The largest absolute Gasteiger partial charge is 0.394 e. The Balaban J connectivity index is 2.07. The molecule has 22 heavy (non-hydrogen) atoms. The van der Waals surface area contributed by atoms with Gasteiger partial charge in [0.2, 0.25) is 0 Å². The lowest BCUT2D eigenvalue weighted by molar-refractivity contribution is -0.319. The summed E-state index contributed by atoms with van der Waals surface area (Å²) in [5.41, 5.74) is 0. The molecule has 0 unspecified atom stereocenters. The molecular weight excluding hydrogens is 304 g/mol. The zero-order valence-electron chi connectivity index (χ0n) is 11.7. The summed E-state index contributed by atoms with van der Waals surface area (Å²) in [6.45, 7) is -1.38. The van der Waals surface area contributed by atoms with Gasteiger partial charge in [-0.3, -0.25) is 0 Å². The lowest BCUT2D eigenvalue weighted by Crippen LogP contribution is -2.60. The average Bonchev–Trinajstić information content (AvgIpc) is 2.88. The van der Waals surface area contributed by atoms with Crippen LogP contribution in [0.3, 0.4) is 0 Å². The molecule has 2 heterocycles. The quantitative estimate of drug-likeness (QED) is 0.260. The maximum Gasteiger partial charge on any atom is 0.187 e. The van der Waals surface area contributed by atoms with E-state index in [1.807, 2.05) is 0 Å². The van der Waals surface area contributed by atoms with Crippen molar-refractivity contribution in [1.82, 2.24) is 0 Å². The molecule has 0 bridgehead atoms. The van der Waals surface area contributed by atoms with Crippen LogP contribution >= 0.6 is 0 Å². The van der Waals surface area contributed by atoms with Crippen LogP contribution in [-0.4, -0.2) is 111 Å². The molecule has 2 fully saturated rings. The maximum absolute atomic E-state index is 9.87. The van der Waals surface area contributed by atoms with Gasteiger partial charge < -0.3 is 50.0 Å². The van der Waals surface area contributed by atoms with Gasteiger partial charge in [-0.25, -0.2) is 0 Å². The molecule has 0 aromatic rings. The van der Waals surface area contributed by atoms with E-state index < -0.39 is 68.3 Å². The fraction of sp³-hybridized carbons (Fsp3) is 1.00. The predicted molar refractivity (Wildman–Crippen MR) is 67.5 cm³/mol. The van der Waals surface area contributed by atoms with Crippen LogP contribution in [-0.2, 0) is 14.2 Å². The maximum atomic E-state index is 9.87. The second-order valence-corrected chi connectivity index (χ2v) is 5.41. The standard InChI is InChI=1S/C12H22O10/c13-1-4(15)10-11(5(16)3-20-10)22-12-9(19)8(18)7(17)6(2-14)21-12/h4-19H,1-3H2/t4-,5+,6-,7+,8+,9-,10+,11-,12+/m1/s1. The Bertz CT molecular complexity index is 353. The smallest absolute Gasteiger partial charge is 0.187 e. The summed E-state index contributed by atoms with van der Waals surface area (Å²) < 4.78 is 15.6. The summed E-state index contributed by atoms with van der Waals surface area (Å²) in [4.78, 5) is 0. The average molecular weight is 326 g/mol. The molecule has 0 amide bonds. The molecule has 0 aromatic carbocycles. The molecule has 0 radical (unpaired) electrons. The number of hydrogen-bond donors (Lipinski definition) is 7. The molecule has 9 atom stereocenters. The van der Waals surface area contributed by atoms with E-state index in [0.717, 1.165) is 0 Å². The minimum Gasteiger partial charge on any atom is -0.394 e. The predicted octanol–water partition coefficient (Wildman–Crippen LogP) is -4.72. The second-order valence-electron chi connectivity index (χ2n) is 5.41. The van der Waals surface area contributed by atoms with Gasteiger partial charge in [-0.1, -0.05) is 0 Å². The van der Waals surface area contributed by atoms with Crippen molar-refractivity contribution in [2.45, 2.75) is 55.1 Å². The Morgan fingerprint density at radius 1 is 1.05 bits per heavy atom. The molecule has 2 rings (SSSR count). The van der Waals surface area contributed by atoms with Crippen LogP contribution in [0.15, 0.2) is 0 Å². The molecule has 0 aliphatic carbocycles. The van der Waals surface area contributed by atoms with E-state index in [1.165, 1.54) is 0 Å². The molecule has 10 nitrogen and oxygen atoms in total. The van der Waals surface area contributed by atoms with Crippen LogP contribution < -0.4 is 0 Å². The lowest BCUT2D eigenvalue weighted by Gasteiger charge is -2.41. The van der Waals surface area contributed by atoms with Gasteiger partial charge >= 0.3 is 0 Å². The number of aliphatic hydroxyl groups is 7. The Kier molecular flexibility index (Phi) is 6.07. The summed E-state index contributed by atoms with van der Waals surface area (Å²) in [6.07, 6.45) is -12.0. The zero-order valence-corrected chi connectivity index (χ0v) is 11.7. The Hall–Kier alpha value is -0.400. The SMILES string of the molecule is OC[C@@H](O)[C@@H]1OC[C@H](O)[C@H]1O[C@@H]1O[C@H](CO)[C@H](O)[C@H](O)[C@H]1O. The van der Waals surface area contributed by atoms with Crippen molar-refractivity contribution in [2.24, 2.45) is 0 Å². The van der Waals surface area contributed by atoms with E-state index in [0.29, 0.717) is 0 Å². The Labute approximate surface area is 126 Å². The van der Waals surface area contributed by atoms with Gasteiger partial charge in [-0.05, 0) is 0 Å². The first kappa shape index (κ1) is 17.9. The fourth-order valence-electron chi connectivity index (χ4n) is 2.56. The van der Waals surface area contributed by atoms with Crippen LogP contribution in [0.2, 0.25) is 0 Å². The monoisotopic (exact) mass is 326 g/mol. The first-order valence-corrected chi connectivity index (χ1v) is 6.95. The van der Waals surface area contributed by atoms with Crippen LogP contribution in [0, 0.1) is 0 Å². The third-order valence-corrected chi connectivity index (χ3v) is 3.87. The van der Waals surface area contributed by atoms with Crippen molar-refractivity contribution in [3.05, 3.63) is 0 Å². The van der Waals surface area contributed by atoms with Gasteiger partial charge in [0.15, 0.2) is 6.29 Å². The van der Waals surface area contributed by atoms with Gasteiger partial charge in [-0.15, -0.1) is 0 Å². The first-order valence-electron chi connectivity index (χ1n) is 6.95. The third-order valence-electron chi connectivity index (χ3n) is 3.87. The molecule has 2 aliphatic heterocycles. The topological polar surface area (TPSA) is 169 Å². The van der Waals surface area contributed by atoms with Crippen molar-refractivity contribution in [1.29, 1.82) is 0 Å². The van der Waals surface area contributed by atoms with Gasteiger partial charge in [0.05, 0.1) is 19.8 Å². The lowest BCUT2D eigenvalue weighted by atomic mass is 9.99. The minimum atomic E-state index is -1.63. The summed E-state index contributed by atoms with van der Waals surface area (Å²) in [7, 11) is 0. The van der Waals surface area contributed by atoms with Gasteiger partial charge in [0.1, 0.15) is 48.8 Å². The minimum absolute atomic E-state index is 0.149. The summed E-state index contributed by atoms with van der Waals surface area (Å²) in [5, 5.41) is 66.7. The summed E-state index contributed by atoms with van der Waals surface area (Å²) in [6, 6.07) is 0. The van der Waals surface area contributed by atoms with Gasteiger partial charge in [0.25, 0.3) is 0 Å². The molecule has 2 saturated heterocycles. The zero-order chi connectivity index (χ0) is 16.4. The van der Waals surface area contributed by atoms with Crippen LogP contribution in [0.5, 0.6) is 0 Å². The van der Waals surface area contributed by atoms with Crippen molar-refractivity contribution < 1.29 is 50.0 Å². The van der Waals surface area contributed by atoms with Crippen LogP contribution in [0.1, 0.15) is 0 Å². The molecule has 2 aliphatic rings. The highest BCUT2D eigenvalue weighted by atomic mass is 16.7. The fourth-order valence-corrected chi connectivity index (χ4v) is 2.56. The van der Waals surface area contributed by atoms with Crippen molar-refractivity contribution in [3.63, 3.8) is 0 Å². The van der Waals surface area contributed by atoms with Gasteiger partial charge in [-0.2, -0.15) is 0 Å². The highest BCUT2D eigenvalue weighted by Gasteiger charge is 2.48. The van der Waals surface area contributed by atoms with Crippen molar-refractivity contribution >= 4 is 0 Å². The number of hydrogen-bond acceptors (Lipinski definition) is 10. The summed E-state index contributed by atoms with van der Waals surface area (Å²) in [5.74, 6) is 0. The van der Waals surface area contributed by atoms with E-state index in [-0.39, 0.29) is 6.61 Å². The van der Waals surface area contributed by atoms with E-state index in [1.54, 1.807) is 0 Å². The molecule has 0 spiro atoms. The number of ether oxygens (including phenoxy) is 3. The molecule has 130 valence electrons. The van der Waals surface area contributed by atoms with Crippen molar-refractivity contribution in [3.8, 4) is 0 Å². The highest BCUT2D eigenvalue weighted by Crippen LogP contribution is 2.28. The normalized spacial score (nSPS) is 47.6. The van der Waals surface area contributed by atoms with E-state index >= 15 is 0 Å². The summed E-state index contributed by atoms with van der Waals surface area (Å²) >= 11 is 0.